The Balaban J connectivity index is 2.44. The third-order valence-corrected chi connectivity index (χ3v) is 4.26. The number of nitrogens with zero attached hydrogens (tertiary/aromatic N) is 1. The highest BCUT2D eigenvalue weighted by atomic mass is 19.4. The molecule has 1 heterocycles. The molecule has 118 valence electrons. The molecule has 0 bridgehead atoms. The molecule has 2 rings (SSSR count). The third-order valence-electron chi connectivity index (χ3n) is 4.26. The molecular weight excluding hydrogens is 277 g/mol. The molecule has 0 saturated carbocycles. The monoisotopic (exact) mass is 300 g/mol. The maximum absolute atomic E-state index is 13.3. The number of nitrogens with two attached hydrogens (primary N) is 1. The molecule has 1 saturated heterocycles. The maximum Gasteiger partial charge on any atom is 0.416 e. The largest absolute Gasteiger partial charge is 0.416 e. The van der Waals surface area contributed by atoms with Gasteiger partial charge in [0.15, 0.2) is 0 Å². The number of hydrogen-bond acceptors (Lipinski definition) is 2. The van der Waals surface area contributed by atoms with Crippen LogP contribution in [0.3, 0.4) is 0 Å². The lowest BCUT2D eigenvalue weighted by Gasteiger charge is -2.42. The van der Waals surface area contributed by atoms with Crippen LogP contribution in [-0.4, -0.2) is 24.5 Å². The fourth-order valence-electron chi connectivity index (χ4n) is 3.40. The molecule has 1 aromatic rings. The van der Waals surface area contributed by atoms with Gasteiger partial charge in [0, 0.05) is 6.04 Å². The predicted octanol–water partition coefficient (Wildman–Crippen LogP) is 3.83. The van der Waals surface area contributed by atoms with Gasteiger partial charge >= 0.3 is 6.18 Å². The summed E-state index contributed by atoms with van der Waals surface area (Å²) in [5, 5.41) is 0. The van der Waals surface area contributed by atoms with Gasteiger partial charge in [0.1, 0.15) is 0 Å². The molecule has 1 aliphatic rings. The van der Waals surface area contributed by atoms with Gasteiger partial charge in [0.2, 0.25) is 0 Å². The van der Waals surface area contributed by atoms with Crippen LogP contribution in [0.1, 0.15) is 43.4 Å². The molecule has 5 heteroatoms. The maximum atomic E-state index is 13.3. The van der Waals surface area contributed by atoms with E-state index in [2.05, 4.69) is 11.8 Å². The van der Waals surface area contributed by atoms with Gasteiger partial charge in [-0.25, -0.2) is 0 Å². The molecule has 0 radical (unpaired) electrons. The molecule has 0 spiro atoms. The fourth-order valence-corrected chi connectivity index (χ4v) is 3.40. The normalized spacial score (nSPS) is 24.2. The van der Waals surface area contributed by atoms with Crippen LogP contribution in [0.4, 0.5) is 13.2 Å². The lowest BCUT2D eigenvalue weighted by atomic mass is 9.82. The van der Waals surface area contributed by atoms with Gasteiger partial charge in [-0.3, -0.25) is 4.90 Å². The van der Waals surface area contributed by atoms with Crippen molar-refractivity contribution in [3.63, 3.8) is 0 Å². The van der Waals surface area contributed by atoms with Gasteiger partial charge < -0.3 is 5.73 Å². The van der Waals surface area contributed by atoms with Gasteiger partial charge in [-0.2, -0.15) is 13.2 Å². The minimum atomic E-state index is -4.31. The number of hydrogen-bond donors (Lipinski definition) is 1. The van der Waals surface area contributed by atoms with Gasteiger partial charge in [0.05, 0.1) is 5.56 Å². The van der Waals surface area contributed by atoms with Crippen molar-refractivity contribution in [1.82, 2.24) is 4.90 Å². The number of piperidine rings is 1. The van der Waals surface area contributed by atoms with E-state index in [4.69, 9.17) is 5.73 Å². The van der Waals surface area contributed by atoms with Crippen LogP contribution in [0, 0.1) is 5.92 Å². The summed E-state index contributed by atoms with van der Waals surface area (Å²) in [4.78, 5) is 2.17. The zero-order valence-corrected chi connectivity index (χ0v) is 12.4. The van der Waals surface area contributed by atoms with Crippen molar-refractivity contribution < 1.29 is 13.2 Å². The minimum Gasteiger partial charge on any atom is -0.330 e. The molecule has 1 aromatic carbocycles. The van der Waals surface area contributed by atoms with E-state index < -0.39 is 11.7 Å². The van der Waals surface area contributed by atoms with Crippen molar-refractivity contribution in [2.75, 3.05) is 19.6 Å². The Bertz CT molecular complexity index is 457. The molecule has 2 atom stereocenters. The van der Waals surface area contributed by atoms with E-state index in [9.17, 15) is 13.2 Å². The van der Waals surface area contributed by atoms with E-state index in [1.165, 1.54) is 12.1 Å². The lowest BCUT2D eigenvalue weighted by molar-refractivity contribution is -0.139. The SMILES string of the molecule is CCCN1CCCC(CN)C1c1ccccc1C(F)(F)F. The van der Waals surface area contributed by atoms with E-state index in [1.54, 1.807) is 12.1 Å². The Morgan fingerprint density at radius 2 is 2.00 bits per heavy atom. The second-order valence-electron chi connectivity index (χ2n) is 5.70. The van der Waals surface area contributed by atoms with Crippen molar-refractivity contribution >= 4 is 0 Å². The Hall–Kier alpha value is -1.07. The first-order chi connectivity index (χ1) is 9.99. The average Bonchev–Trinajstić information content (AvgIpc) is 2.46. The van der Waals surface area contributed by atoms with Crippen LogP contribution in [0.5, 0.6) is 0 Å². The zero-order chi connectivity index (χ0) is 15.5. The van der Waals surface area contributed by atoms with Crippen LogP contribution in [0.2, 0.25) is 0 Å². The molecule has 21 heavy (non-hydrogen) atoms. The number of halogens is 3. The number of likely N-dealkylation sites (tertiary alicyclic amines) is 1. The Labute approximate surface area is 124 Å². The van der Waals surface area contributed by atoms with Crippen molar-refractivity contribution in [2.45, 2.75) is 38.4 Å². The standard InChI is InChI=1S/C16H23F3N2/c1-2-9-21-10-5-6-12(11-20)15(21)13-7-3-4-8-14(13)16(17,18)19/h3-4,7-8,12,15H,2,5-6,9-11,20H2,1H3. The molecule has 1 aliphatic heterocycles. The van der Waals surface area contributed by atoms with Gasteiger partial charge in [0.25, 0.3) is 0 Å². The van der Waals surface area contributed by atoms with Crippen LogP contribution in [0.25, 0.3) is 0 Å². The Kier molecular flexibility index (Phi) is 5.27. The van der Waals surface area contributed by atoms with Gasteiger partial charge in [-0.15, -0.1) is 0 Å². The van der Waals surface area contributed by atoms with Crippen LogP contribution in [0.15, 0.2) is 24.3 Å². The molecule has 2 unspecified atom stereocenters. The first-order valence-electron chi connectivity index (χ1n) is 7.59. The second-order valence-corrected chi connectivity index (χ2v) is 5.70. The van der Waals surface area contributed by atoms with E-state index in [-0.39, 0.29) is 12.0 Å². The summed E-state index contributed by atoms with van der Waals surface area (Å²) in [5.74, 6) is 0.0915. The quantitative estimate of drug-likeness (QED) is 0.915. The summed E-state index contributed by atoms with van der Waals surface area (Å²) in [6.45, 7) is 4.14. The van der Waals surface area contributed by atoms with Crippen LogP contribution in [-0.2, 0) is 6.18 Å². The summed E-state index contributed by atoms with van der Waals surface area (Å²) in [6, 6.07) is 5.72. The second kappa shape index (κ2) is 6.79. The third kappa shape index (κ3) is 3.58. The number of benzene rings is 1. The molecule has 0 aromatic heterocycles. The number of alkyl halides is 3. The summed E-state index contributed by atoms with van der Waals surface area (Å²) < 4.78 is 39.9. The summed E-state index contributed by atoms with van der Waals surface area (Å²) in [7, 11) is 0. The molecule has 2 N–H and O–H groups in total. The first kappa shape index (κ1) is 16.3. The van der Waals surface area contributed by atoms with Crippen LogP contribution >= 0.6 is 0 Å². The molecular formula is C16H23F3N2. The smallest absolute Gasteiger partial charge is 0.330 e. The van der Waals surface area contributed by atoms with E-state index >= 15 is 0 Å². The fraction of sp³-hybridized carbons (Fsp3) is 0.625. The van der Waals surface area contributed by atoms with Crippen molar-refractivity contribution in [2.24, 2.45) is 11.7 Å². The predicted molar refractivity (Wildman–Crippen MR) is 77.8 cm³/mol. The highest BCUT2D eigenvalue weighted by Crippen LogP contribution is 2.41. The first-order valence-corrected chi connectivity index (χ1v) is 7.59. The Morgan fingerprint density at radius 1 is 1.29 bits per heavy atom. The topological polar surface area (TPSA) is 29.3 Å². The van der Waals surface area contributed by atoms with Crippen molar-refractivity contribution in [1.29, 1.82) is 0 Å². The lowest BCUT2D eigenvalue weighted by Crippen LogP contribution is -2.42. The van der Waals surface area contributed by atoms with E-state index in [0.717, 1.165) is 32.4 Å². The highest BCUT2D eigenvalue weighted by Gasteiger charge is 2.39. The Morgan fingerprint density at radius 3 is 2.62 bits per heavy atom. The number of rotatable bonds is 4. The summed E-state index contributed by atoms with van der Waals surface area (Å²) in [5.41, 5.74) is 5.71. The molecule has 0 aliphatic carbocycles. The van der Waals surface area contributed by atoms with Crippen molar-refractivity contribution in [3.8, 4) is 0 Å². The molecule has 2 nitrogen and oxygen atoms in total. The summed E-state index contributed by atoms with van der Waals surface area (Å²) >= 11 is 0. The molecule has 0 amide bonds. The van der Waals surface area contributed by atoms with Gasteiger partial charge in [-0.05, 0) is 56.4 Å². The molecule has 1 fully saturated rings. The highest BCUT2D eigenvalue weighted by molar-refractivity contribution is 5.33. The zero-order valence-electron chi connectivity index (χ0n) is 12.4. The van der Waals surface area contributed by atoms with E-state index in [1.807, 2.05) is 0 Å². The minimum absolute atomic E-state index is 0.0915. The van der Waals surface area contributed by atoms with Crippen LogP contribution < -0.4 is 5.73 Å². The summed E-state index contributed by atoms with van der Waals surface area (Å²) in [6.07, 6.45) is -1.48. The van der Waals surface area contributed by atoms with Gasteiger partial charge in [-0.1, -0.05) is 25.1 Å². The van der Waals surface area contributed by atoms with Crippen molar-refractivity contribution in [3.05, 3.63) is 35.4 Å². The average molecular weight is 300 g/mol. The van der Waals surface area contributed by atoms with E-state index in [0.29, 0.717) is 12.1 Å².